The van der Waals surface area contributed by atoms with Crippen molar-refractivity contribution in [1.29, 1.82) is 0 Å². The molecule has 2 nitrogen and oxygen atoms in total. The van der Waals surface area contributed by atoms with Crippen molar-refractivity contribution in [2.75, 3.05) is 26.3 Å². The molecule has 1 heterocycles. The van der Waals surface area contributed by atoms with Crippen LogP contribution in [0.5, 0.6) is 0 Å². The van der Waals surface area contributed by atoms with E-state index in [4.69, 9.17) is 4.74 Å². The Morgan fingerprint density at radius 1 is 1.24 bits per heavy atom. The highest BCUT2D eigenvalue weighted by Gasteiger charge is 2.12. The molecule has 17 heavy (non-hydrogen) atoms. The SMILES string of the molecule is c1ccc(CCCOC[C@H]2CCCNC2)cc1. The van der Waals surface area contributed by atoms with Crippen LogP contribution in [0.3, 0.4) is 0 Å². The second kappa shape index (κ2) is 7.46. The number of piperidine rings is 1. The van der Waals surface area contributed by atoms with Gasteiger partial charge in [0, 0.05) is 13.2 Å². The Hall–Kier alpha value is -0.860. The summed E-state index contributed by atoms with van der Waals surface area (Å²) in [7, 11) is 0. The third-order valence-corrected chi connectivity index (χ3v) is 3.35. The van der Waals surface area contributed by atoms with Crippen LogP contribution in [0.4, 0.5) is 0 Å². The van der Waals surface area contributed by atoms with Crippen LogP contribution in [0.1, 0.15) is 24.8 Å². The van der Waals surface area contributed by atoms with Crippen molar-refractivity contribution in [3.05, 3.63) is 35.9 Å². The van der Waals surface area contributed by atoms with E-state index < -0.39 is 0 Å². The van der Waals surface area contributed by atoms with Crippen LogP contribution in [0.25, 0.3) is 0 Å². The number of benzene rings is 1. The molecule has 1 aromatic rings. The van der Waals surface area contributed by atoms with Gasteiger partial charge in [-0.1, -0.05) is 30.3 Å². The fourth-order valence-electron chi connectivity index (χ4n) is 2.34. The summed E-state index contributed by atoms with van der Waals surface area (Å²) in [5.41, 5.74) is 1.41. The molecule has 1 saturated heterocycles. The molecular weight excluding hydrogens is 210 g/mol. The smallest absolute Gasteiger partial charge is 0.0506 e. The quantitative estimate of drug-likeness (QED) is 0.763. The zero-order valence-corrected chi connectivity index (χ0v) is 10.5. The average molecular weight is 233 g/mol. The Morgan fingerprint density at radius 2 is 2.12 bits per heavy atom. The molecular formula is C15H23NO. The van der Waals surface area contributed by atoms with E-state index in [1.165, 1.54) is 24.9 Å². The topological polar surface area (TPSA) is 21.3 Å². The lowest BCUT2D eigenvalue weighted by Gasteiger charge is -2.22. The van der Waals surface area contributed by atoms with Crippen molar-refractivity contribution in [3.8, 4) is 0 Å². The van der Waals surface area contributed by atoms with Crippen LogP contribution in [0.2, 0.25) is 0 Å². The standard InChI is InChI=1S/C15H23NO/c1-2-6-14(7-3-1)9-5-11-17-13-15-8-4-10-16-12-15/h1-3,6-7,15-16H,4-5,8-13H2/t15-/m0/s1. The minimum absolute atomic E-state index is 0.737. The molecule has 0 aromatic heterocycles. The second-order valence-corrected chi connectivity index (χ2v) is 4.88. The molecule has 1 fully saturated rings. The number of hydrogen-bond acceptors (Lipinski definition) is 2. The molecule has 0 spiro atoms. The molecule has 1 aliphatic rings. The Bertz CT molecular complexity index is 293. The normalized spacial score (nSPS) is 20.4. The minimum atomic E-state index is 0.737. The molecule has 94 valence electrons. The van der Waals surface area contributed by atoms with E-state index in [-0.39, 0.29) is 0 Å². The van der Waals surface area contributed by atoms with E-state index in [9.17, 15) is 0 Å². The lowest BCUT2D eigenvalue weighted by atomic mass is 10.0. The van der Waals surface area contributed by atoms with Crippen LogP contribution in [0.15, 0.2) is 30.3 Å². The predicted molar refractivity (Wildman–Crippen MR) is 71.2 cm³/mol. The van der Waals surface area contributed by atoms with E-state index in [1.54, 1.807) is 0 Å². The zero-order chi connectivity index (χ0) is 11.8. The van der Waals surface area contributed by atoms with Crippen molar-refractivity contribution in [2.24, 2.45) is 5.92 Å². The van der Waals surface area contributed by atoms with E-state index >= 15 is 0 Å². The Kier molecular flexibility index (Phi) is 5.53. The Labute approximate surface area is 104 Å². The maximum atomic E-state index is 5.75. The second-order valence-electron chi connectivity index (χ2n) is 4.88. The predicted octanol–water partition coefficient (Wildman–Crippen LogP) is 2.64. The van der Waals surface area contributed by atoms with Gasteiger partial charge in [0.05, 0.1) is 6.61 Å². The third kappa shape index (κ3) is 4.88. The first kappa shape index (κ1) is 12.6. The largest absolute Gasteiger partial charge is 0.381 e. The summed E-state index contributed by atoms with van der Waals surface area (Å²) in [6.45, 7) is 4.15. The average Bonchev–Trinajstić information content (AvgIpc) is 2.41. The van der Waals surface area contributed by atoms with E-state index in [0.29, 0.717) is 0 Å². The zero-order valence-electron chi connectivity index (χ0n) is 10.5. The number of ether oxygens (including phenoxy) is 1. The molecule has 0 aliphatic carbocycles. The highest BCUT2D eigenvalue weighted by atomic mass is 16.5. The first-order chi connectivity index (χ1) is 8.45. The van der Waals surface area contributed by atoms with Gasteiger partial charge < -0.3 is 10.1 Å². The van der Waals surface area contributed by atoms with Crippen molar-refractivity contribution >= 4 is 0 Å². The number of aryl methyl sites for hydroxylation is 1. The first-order valence-electron chi connectivity index (χ1n) is 6.77. The fraction of sp³-hybridized carbons (Fsp3) is 0.600. The summed E-state index contributed by atoms with van der Waals surface area (Å²) in [5, 5.41) is 3.42. The van der Waals surface area contributed by atoms with Crippen LogP contribution < -0.4 is 5.32 Å². The van der Waals surface area contributed by atoms with E-state index in [1.807, 2.05) is 0 Å². The minimum Gasteiger partial charge on any atom is -0.381 e. The molecule has 1 aromatic carbocycles. The molecule has 0 unspecified atom stereocenters. The van der Waals surface area contributed by atoms with Crippen molar-refractivity contribution in [3.63, 3.8) is 0 Å². The third-order valence-electron chi connectivity index (χ3n) is 3.35. The van der Waals surface area contributed by atoms with Crippen molar-refractivity contribution < 1.29 is 4.74 Å². The number of rotatable bonds is 6. The van der Waals surface area contributed by atoms with E-state index in [0.717, 1.165) is 38.5 Å². The molecule has 1 aliphatic heterocycles. The van der Waals surface area contributed by atoms with Gasteiger partial charge in [-0.05, 0) is 43.7 Å². The first-order valence-corrected chi connectivity index (χ1v) is 6.77. The monoisotopic (exact) mass is 233 g/mol. The van der Waals surface area contributed by atoms with E-state index in [2.05, 4.69) is 35.6 Å². The summed E-state index contributed by atoms with van der Waals surface area (Å²) in [4.78, 5) is 0. The summed E-state index contributed by atoms with van der Waals surface area (Å²) in [6.07, 6.45) is 4.89. The van der Waals surface area contributed by atoms with Crippen LogP contribution >= 0.6 is 0 Å². The fourth-order valence-corrected chi connectivity index (χ4v) is 2.34. The maximum absolute atomic E-state index is 5.75. The molecule has 0 radical (unpaired) electrons. The number of hydrogen-bond donors (Lipinski definition) is 1. The Balaban J connectivity index is 1.51. The van der Waals surface area contributed by atoms with Gasteiger partial charge in [-0.3, -0.25) is 0 Å². The lowest BCUT2D eigenvalue weighted by molar-refractivity contribution is 0.0883. The van der Waals surface area contributed by atoms with Gasteiger partial charge in [0.1, 0.15) is 0 Å². The number of nitrogens with one attached hydrogen (secondary N) is 1. The highest BCUT2D eigenvalue weighted by Crippen LogP contribution is 2.10. The highest BCUT2D eigenvalue weighted by molar-refractivity contribution is 5.14. The van der Waals surface area contributed by atoms with Gasteiger partial charge in [-0.2, -0.15) is 0 Å². The van der Waals surface area contributed by atoms with Gasteiger partial charge in [0.25, 0.3) is 0 Å². The van der Waals surface area contributed by atoms with Gasteiger partial charge in [0.15, 0.2) is 0 Å². The van der Waals surface area contributed by atoms with Crippen molar-refractivity contribution in [2.45, 2.75) is 25.7 Å². The summed E-state index contributed by atoms with van der Waals surface area (Å²) in [6, 6.07) is 10.6. The molecule has 1 atom stereocenters. The summed E-state index contributed by atoms with van der Waals surface area (Å²) < 4.78 is 5.75. The molecule has 0 saturated carbocycles. The van der Waals surface area contributed by atoms with Gasteiger partial charge in [0.2, 0.25) is 0 Å². The molecule has 0 bridgehead atoms. The molecule has 2 heteroatoms. The molecule has 2 rings (SSSR count). The van der Waals surface area contributed by atoms with Crippen LogP contribution in [-0.2, 0) is 11.2 Å². The van der Waals surface area contributed by atoms with Crippen LogP contribution in [-0.4, -0.2) is 26.3 Å². The van der Waals surface area contributed by atoms with Gasteiger partial charge >= 0.3 is 0 Å². The van der Waals surface area contributed by atoms with Crippen LogP contribution in [0, 0.1) is 5.92 Å². The van der Waals surface area contributed by atoms with Gasteiger partial charge in [-0.15, -0.1) is 0 Å². The Morgan fingerprint density at radius 3 is 2.88 bits per heavy atom. The molecule has 1 N–H and O–H groups in total. The maximum Gasteiger partial charge on any atom is 0.0506 e. The van der Waals surface area contributed by atoms with Crippen molar-refractivity contribution in [1.82, 2.24) is 5.32 Å². The molecule has 0 amide bonds. The lowest BCUT2D eigenvalue weighted by Crippen LogP contribution is -2.32. The van der Waals surface area contributed by atoms with Gasteiger partial charge in [-0.25, -0.2) is 0 Å². The summed E-state index contributed by atoms with van der Waals surface area (Å²) in [5.74, 6) is 0.737. The summed E-state index contributed by atoms with van der Waals surface area (Å²) >= 11 is 0.